The summed E-state index contributed by atoms with van der Waals surface area (Å²) in [5.74, 6) is -1.44. The third kappa shape index (κ3) is 4.32. The van der Waals surface area contributed by atoms with Crippen molar-refractivity contribution < 1.29 is 19.8 Å². The van der Waals surface area contributed by atoms with Crippen molar-refractivity contribution in [3.63, 3.8) is 0 Å². The molecule has 5 nitrogen and oxygen atoms in total. The summed E-state index contributed by atoms with van der Waals surface area (Å²) < 4.78 is 0. The average Bonchev–Trinajstić information content (AvgIpc) is 2.72. The van der Waals surface area contributed by atoms with E-state index in [-0.39, 0.29) is 28.9 Å². The number of aliphatic carboxylic acids is 1. The molecule has 0 radical (unpaired) electrons. The van der Waals surface area contributed by atoms with Crippen LogP contribution in [-0.2, 0) is 9.59 Å². The lowest BCUT2D eigenvalue weighted by molar-refractivity contribution is -0.133. The second-order valence-electron chi connectivity index (χ2n) is 9.67. The molecule has 0 spiro atoms. The SMILES string of the molecule is Cc1cccc(C)c1C1CC(=O)C2=C(C1)NC(CC(C)C)=C(C(=O)O)C2c1cccc(O)c1. The van der Waals surface area contributed by atoms with Gasteiger partial charge < -0.3 is 15.5 Å². The largest absolute Gasteiger partial charge is 0.508 e. The molecule has 33 heavy (non-hydrogen) atoms. The number of dihydropyridines is 1. The van der Waals surface area contributed by atoms with Gasteiger partial charge in [-0.1, -0.05) is 44.2 Å². The number of benzene rings is 2. The third-order valence-electron chi connectivity index (χ3n) is 6.71. The predicted octanol–water partition coefficient (Wildman–Crippen LogP) is 5.48. The van der Waals surface area contributed by atoms with Gasteiger partial charge in [0.1, 0.15) is 5.75 Å². The van der Waals surface area contributed by atoms with Gasteiger partial charge in [0.15, 0.2) is 5.78 Å². The van der Waals surface area contributed by atoms with Crippen LogP contribution in [0.25, 0.3) is 0 Å². The first-order valence-electron chi connectivity index (χ1n) is 11.5. The summed E-state index contributed by atoms with van der Waals surface area (Å²) in [6.07, 6.45) is 1.56. The van der Waals surface area contributed by atoms with Crippen LogP contribution >= 0.6 is 0 Å². The van der Waals surface area contributed by atoms with Gasteiger partial charge in [0.05, 0.1) is 5.57 Å². The Balaban J connectivity index is 1.87. The van der Waals surface area contributed by atoms with Gasteiger partial charge in [-0.05, 0) is 72.9 Å². The standard InChI is InChI=1S/C28H31NO4/c1-15(2)11-21-27(28(32)33)25(18-9-6-10-20(30)12-18)26-22(29-21)13-19(14-23(26)31)24-16(3)7-5-8-17(24)4/h5-10,12,15,19,25,29-30H,11,13-14H2,1-4H3,(H,32,33). The molecule has 0 saturated carbocycles. The van der Waals surface area contributed by atoms with Gasteiger partial charge in [-0.25, -0.2) is 4.79 Å². The van der Waals surface area contributed by atoms with E-state index in [1.165, 1.54) is 16.7 Å². The summed E-state index contributed by atoms with van der Waals surface area (Å²) in [4.78, 5) is 26.1. The van der Waals surface area contributed by atoms with Crippen molar-refractivity contribution in [3.05, 3.63) is 87.3 Å². The number of nitrogens with one attached hydrogen (secondary N) is 1. The first kappa shape index (κ1) is 22.8. The van der Waals surface area contributed by atoms with Gasteiger partial charge in [0, 0.05) is 29.3 Å². The van der Waals surface area contributed by atoms with E-state index in [4.69, 9.17) is 0 Å². The first-order chi connectivity index (χ1) is 15.7. The molecule has 0 aromatic heterocycles. The van der Waals surface area contributed by atoms with Gasteiger partial charge in [0.2, 0.25) is 0 Å². The Morgan fingerprint density at radius 1 is 1.09 bits per heavy atom. The molecule has 2 atom stereocenters. The number of hydrogen-bond donors (Lipinski definition) is 3. The molecule has 1 aliphatic heterocycles. The smallest absolute Gasteiger partial charge is 0.334 e. The van der Waals surface area contributed by atoms with Crippen molar-refractivity contribution in [2.45, 2.75) is 58.8 Å². The van der Waals surface area contributed by atoms with Crippen molar-refractivity contribution in [2.24, 2.45) is 5.92 Å². The highest BCUT2D eigenvalue weighted by Gasteiger charge is 2.42. The lowest BCUT2D eigenvalue weighted by Crippen LogP contribution is -2.37. The minimum atomic E-state index is -1.04. The summed E-state index contributed by atoms with van der Waals surface area (Å²) >= 11 is 0. The number of Topliss-reactive ketones (excluding diaryl/α,β-unsaturated/α-hetero) is 1. The van der Waals surface area contributed by atoms with Gasteiger partial charge in [0.25, 0.3) is 0 Å². The molecule has 0 fully saturated rings. The number of carboxylic acid groups (broad SMARTS) is 1. The van der Waals surface area contributed by atoms with Crippen LogP contribution in [0.2, 0.25) is 0 Å². The minimum absolute atomic E-state index is 0.0351. The van der Waals surface area contributed by atoms with E-state index in [1.807, 2.05) is 19.9 Å². The Morgan fingerprint density at radius 3 is 2.36 bits per heavy atom. The molecule has 0 saturated heterocycles. The van der Waals surface area contributed by atoms with Gasteiger partial charge >= 0.3 is 5.97 Å². The fraction of sp³-hybridized carbons (Fsp3) is 0.357. The van der Waals surface area contributed by atoms with Crippen LogP contribution < -0.4 is 5.32 Å². The molecular weight excluding hydrogens is 414 g/mol. The summed E-state index contributed by atoms with van der Waals surface area (Å²) in [6, 6.07) is 12.8. The lowest BCUT2D eigenvalue weighted by atomic mass is 9.70. The van der Waals surface area contributed by atoms with Crippen LogP contribution in [0, 0.1) is 19.8 Å². The number of carbonyl (C=O) groups is 2. The first-order valence-corrected chi connectivity index (χ1v) is 11.5. The number of phenols is 1. The number of aromatic hydroxyl groups is 1. The molecule has 2 unspecified atom stereocenters. The number of rotatable bonds is 5. The van der Waals surface area contributed by atoms with E-state index in [0.29, 0.717) is 36.1 Å². The maximum atomic E-state index is 13.6. The van der Waals surface area contributed by atoms with E-state index in [2.05, 4.69) is 31.3 Å². The third-order valence-corrected chi connectivity index (χ3v) is 6.71. The van der Waals surface area contributed by atoms with E-state index in [9.17, 15) is 19.8 Å². The van der Waals surface area contributed by atoms with E-state index in [1.54, 1.807) is 24.3 Å². The van der Waals surface area contributed by atoms with E-state index >= 15 is 0 Å². The van der Waals surface area contributed by atoms with Crippen LogP contribution in [0.5, 0.6) is 5.75 Å². The average molecular weight is 446 g/mol. The molecule has 2 aromatic rings. The molecule has 2 aliphatic rings. The Kier molecular flexibility index (Phi) is 6.15. The van der Waals surface area contributed by atoms with Crippen molar-refractivity contribution in [3.8, 4) is 5.75 Å². The van der Waals surface area contributed by atoms with Gasteiger partial charge in [-0.3, -0.25) is 4.79 Å². The lowest BCUT2D eigenvalue weighted by Gasteiger charge is -2.38. The Hall–Kier alpha value is -3.34. The normalized spacial score (nSPS) is 20.7. The Morgan fingerprint density at radius 2 is 1.76 bits per heavy atom. The number of carbonyl (C=O) groups excluding carboxylic acids is 1. The summed E-state index contributed by atoms with van der Waals surface area (Å²) in [7, 11) is 0. The Labute approximate surface area is 194 Å². The molecule has 4 rings (SSSR count). The summed E-state index contributed by atoms with van der Waals surface area (Å²) in [6.45, 7) is 8.25. The van der Waals surface area contributed by atoms with Crippen LogP contribution in [0.4, 0.5) is 0 Å². The zero-order chi connectivity index (χ0) is 23.9. The fourth-order valence-electron chi connectivity index (χ4n) is 5.49. The van der Waals surface area contributed by atoms with Crippen LogP contribution in [-0.4, -0.2) is 22.0 Å². The number of hydrogen-bond acceptors (Lipinski definition) is 4. The van der Waals surface area contributed by atoms with Crippen LogP contribution in [0.1, 0.15) is 67.2 Å². The molecule has 0 amide bonds. The monoisotopic (exact) mass is 445 g/mol. The number of allylic oxidation sites excluding steroid dienone is 3. The number of phenolic OH excluding ortho intramolecular Hbond substituents is 1. The highest BCUT2D eigenvalue weighted by atomic mass is 16.4. The van der Waals surface area contributed by atoms with Crippen molar-refractivity contribution in [1.82, 2.24) is 5.32 Å². The van der Waals surface area contributed by atoms with Gasteiger partial charge in [-0.2, -0.15) is 0 Å². The van der Waals surface area contributed by atoms with Crippen LogP contribution in [0.15, 0.2) is 65.0 Å². The molecule has 172 valence electrons. The molecule has 2 aromatic carbocycles. The predicted molar refractivity (Wildman–Crippen MR) is 128 cm³/mol. The van der Waals surface area contributed by atoms with Crippen molar-refractivity contribution in [1.29, 1.82) is 0 Å². The number of aryl methyl sites for hydroxylation is 2. The molecular formula is C28H31NO4. The highest BCUT2D eigenvalue weighted by Crippen LogP contribution is 2.47. The maximum Gasteiger partial charge on any atom is 0.334 e. The number of ketones is 1. The second-order valence-corrected chi connectivity index (χ2v) is 9.67. The maximum absolute atomic E-state index is 13.6. The van der Waals surface area contributed by atoms with E-state index in [0.717, 1.165) is 5.70 Å². The zero-order valence-corrected chi connectivity index (χ0v) is 19.6. The second kappa shape index (κ2) is 8.89. The molecule has 1 aliphatic carbocycles. The number of carboxylic acids is 1. The van der Waals surface area contributed by atoms with E-state index < -0.39 is 11.9 Å². The van der Waals surface area contributed by atoms with Gasteiger partial charge in [-0.15, -0.1) is 0 Å². The minimum Gasteiger partial charge on any atom is -0.508 e. The van der Waals surface area contributed by atoms with Crippen LogP contribution in [0.3, 0.4) is 0 Å². The molecule has 3 N–H and O–H groups in total. The molecule has 0 bridgehead atoms. The Bertz CT molecular complexity index is 1170. The zero-order valence-electron chi connectivity index (χ0n) is 19.6. The summed E-state index contributed by atoms with van der Waals surface area (Å²) in [5.41, 5.74) is 6.35. The van der Waals surface area contributed by atoms with Crippen molar-refractivity contribution >= 4 is 11.8 Å². The topological polar surface area (TPSA) is 86.6 Å². The quantitative estimate of drug-likeness (QED) is 0.567. The van der Waals surface area contributed by atoms with Crippen molar-refractivity contribution in [2.75, 3.05) is 0 Å². The fourth-order valence-corrected chi connectivity index (χ4v) is 5.49. The molecule has 5 heteroatoms. The summed E-state index contributed by atoms with van der Waals surface area (Å²) in [5, 5.41) is 23.7. The highest BCUT2D eigenvalue weighted by molar-refractivity contribution is 6.04. The molecule has 1 heterocycles.